The summed E-state index contributed by atoms with van der Waals surface area (Å²) in [7, 11) is 4.07. The van der Waals surface area contributed by atoms with Gasteiger partial charge in [0.25, 0.3) is 0 Å². The minimum atomic E-state index is 0.484. The summed E-state index contributed by atoms with van der Waals surface area (Å²) in [6.07, 6.45) is 8.33. The second-order valence-corrected chi connectivity index (χ2v) is 5.51. The Hall–Kier alpha value is -1.82. The Morgan fingerprint density at radius 1 is 1.50 bits per heavy atom. The number of nitrogens with zero attached hydrogens (tertiary/aromatic N) is 4. The van der Waals surface area contributed by atoms with E-state index in [9.17, 15) is 0 Å². The van der Waals surface area contributed by atoms with E-state index in [-0.39, 0.29) is 0 Å². The van der Waals surface area contributed by atoms with Gasteiger partial charge in [0, 0.05) is 38.1 Å². The maximum absolute atomic E-state index is 4.56. The van der Waals surface area contributed by atoms with Crippen LogP contribution in [0.3, 0.4) is 0 Å². The molecule has 0 aromatic carbocycles. The molecular weight excluding hydrogens is 252 g/mol. The van der Waals surface area contributed by atoms with E-state index in [2.05, 4.69) is 39.5 Å². The van der Waals surface area contributed by atoms with Gasteiger partial charge in [0.05, 0.1) is 6.20 Å². The van der Waals surface area contributed by atoms with Crippen molar-refractivity contribution in [3.05, 3.63) is 18.6 Å². The van der Waals surface area contributed by atoms with E-state index < -0.39 is 0 Å². The average Bonchev–Trinajstić information content (AvgIpc) is 3.21. The van der Waals surface area contributed by atoms with Crippen molar-refractivity contribution in [2.75, 3.05) is 31.3 Å². The molecule has 6 heteroatoms. The van der Waals surface area contributed by atoms with Gasteiger partial charge in [0.1, 0.15) is 5.82 Å². The standard InChI is InChI=1S/C14H22N6/c1-10(19(3)11-4-5-11)8-17-13-14-16-6-7-20(14)9-12(15-2)18-13/h6-7,9-11,15H,4-5,8H2,1-3H3,(H,17,18). The molecule has 2 aromatic rings. The zero-order valence-corrected chi connectivity index (χ0v) is 12.3. The predicted octanol–water partition coefficient (Wildman–Crippen LogP) is 1.67. The van der Waals surface area contributed by atoms with Crippen molar-refractivity contribution < 1.29 is 0 Å². The predicted molar refractivity (Wildman–Crippen MR) is 81.3 cm³/mol. The lowest BCUT2D eigenvalue weighted by atomic mass is 10.3. The molecule has 20 heavy (non-hydrogen) atoms. The van der Waals surface area contributed by atoms with Crippen LogP contribution in [0.5, 0.6) is 0 Å². The van der Waals surface area contributed by atoms with E-state index in [0.29, 0.717) is 6.04 Å². The van der Waals surface area contributed by atoms with E-state index >= 15 is 0 Å². The molecule has 108 valence electrons. The number of hydrogen-bond donors (Lipinski definition) is 2. The minimum Gasteiger partial charge on any atom is -0.372 e. The first-order valence-electron chi connectivity index (χ1n) is 7.16. The van der Waals surface area contributed by atoms with Gasteiger partial charge in [-0.15, -0.1) is 0 Å². The fourth-order valence-electron chi connectivity index (χ4n) is 2.40. The lowest BCUT2D eigenvalue weighted by Gasteiger charge is -2.24. The number of anilines is 2. The Morgan fingerprint density at radius 2 is 2.30 bits per heavy atom. The lowest BCUT2D eigenvalue weighted by molar-refractivity contribution is 0.257. The molecule has 2 heterocycles. The molecule has 1 aliphatic carbocycles. The summed E-state index contributed by atoms with van der Waals surface area (Å²) in [4.78, 5) is 11.4. The van der Waals surface area contributed by atoms with E-state index in [0.717, 1.165) is 29.9 Å². The van der Waals surface area contributed by atoms with Crippen molar-refractivity contribution in [2.45, 2.75) is 31.8 Å². The average molecular weight is 274 g/mol. The molecule has 1 unspecified atom stereocenters. The molecule has 1 saturated carbocycles. The van der Waals surface area contributed by atoms with Crippen LogP contribution in [-0.4, -0.2) is 52.0 Å². The van der Waals surface area contributed by atoms with Gasteiger partial charge in [-0.1, -0.05) is 0 Å². The Morgan fingerprint density at radius 3 is 3.00 bits per heavy atom. The first-order chi connectivity index (χ1) is 9.69. The number of aromatic nitrogens is 3. The Labute approximate surface area is 119 Å². The molecule has 3 rings (SSSR count). The zero-order chi connectivity index (χ0) is 14.1. The summed E-state index contributed by atoms with van der Waals surface area (Å²) in [5.41, 5.74) is 0.866. The number of likely N-dealkylation sites (N-methyl/N-ethyl adjacent to an activating group) is 1. The highest BCUT2D eigenvalue weighted by Gasteiger charge is 2.29. The molecule has 0 amide bonds. The SMILES string of the molecule is CNc1cn2ccnc2c(NCC(C)N(C)C2CC2)n1. The molecule has 0 saturated heterocycles. The van der Waals surface area contributed by atoms with Crippen LogP contribution in [0.1, 0.15) is 19.8 Å². The summed E-state index contributed by atoms with van der Waals surface area (Å²) in [5, 5.41) is 6.51. The molecule has 1 fully saturated rings. The highest BCUT2D eigenvalue weighted by Crippen LogP contribution is 2.27. The second-order valence-electron chi connectivity index (χ2n) is 5.51. The van der Waals surface area contributed by atoms with Gasteiger partial charge in [-0.2, -0.15) is 0 Å². The van der Waals surface area contributed by atoms with Crippen molar-refractivity contribution in [3.63, 3.8) is 0 Å². The normalized spacial score (nSPS) is 16.6. The summed E-state index contributed by atoms with van der Waals surface area (Å²) in [6, 6.07) is 1.26. The van der Waals surface area contributed by atoms with Crippen molar-refractivity contribution in [2.24, 2.45) is 0 Å². The second kappa shape index (κ2) is 5.28. The van der Waals surface area contributed by atoms with Gasteiger partial charge in [-0.05, 0) is 26.8 Å². The first-order valence-corrected chi connectivity index (χ1v) is 7.16. The summed E-state index contributed by atoms with van der Waals surface area (Å²) in [6.45, 7) is 3.12. The number of nitrogens with one attached hydrogen (secondary N) is 2. The van der Waals surface area contributed by atoms with E-state index in [1.807, 2.05) is 23.8 Å². The third kappa shape index (κ3) is 2.56. The van der Waals surface area contributed by atoms with Crippen LogP contribution < -0.4 is 10.6 Å². The number of fused-ring (bicyclic) bond motifs is 1. The molecule has 6 nitrogen and oxygen atoms in total. The molecule has 0 bridgehead atoms. The highest BCUT2D eigenvalue weighted by molar-refractivity contribution is 5.65. The molecule has 1 atom stereocenters. The third-order valence-corrected chi connectivity index (χ3v) is 4.01. The van der Waals surface area contributed by atoms with Crippen LogP contribution in [0.2, 0.25) is 0 Å². The summed E-state index contributed by atoms with van der Waals surface area (Å²) < 4.78 is 1.98. The number of rotatable bonds is 6. The topological polar surface area (TPSA) is 57.5 Å². The number of hydrogen-bond acceptors (Lipinski definition) is 5. The first kappa shape index (κ1) is 13.2. The fraction of sp³-hybridized carbons (Fsp3) is 0.571. The molecule has 0 aliphatic heterocycles. The van der Waals surface area contributed by atoms with Crippen LogP contribution in [0.25, 0.3) is 5.65 Å². The van der Waals surface area contributed by atoms with Gasteiger partial charge in [-0.3, -0.25) is 4.90 Å². The maximum atomic E-state index is 4.56. The van der Waals surface area contributed by atoms with Crippen LogP contribution in [0.15, 0.2) is 18.6 Å². The molecule has 1 aliphatic rings. The van der Waals surface area contributed by atoms with Gasteiger partial charge < -0.3 is 15.0 Å². The lowest BCUT2D eigenvalue weighted by Crippen LogP contribution is -2.36. The van der Waals surface area contributed by atoms with Crippen LogP contribution in [0, 0.1) is 0 Å². The summed E-state index contributed by atoms with van der Waals surface area (Å²) in [5.74, 6) is 1.67. The molecule has 2 aromatic heterocycles. The largest absolute Gasteiger partial charge is 0.372 e. The van der Waals surface area contributed by atoms with Crippen LogP contribution >= 0.6 is 0 Å². The van der Waals surface area contributed by atoms with E-state index in [4.69, 9.17) is 0 Å². The Kier molecular flexibility index (Phi) is 3.48. The van der Waals surface area contributed by atoms with Crippen molar-refractivity contribution in [1.82, 2.24) is 19.3 Å². The zero-order valence-electron chi connectivity index (χ0n) is 12.3. The van der Waals surface area contributed by atoms with Crippen LogP contribution in [0.4, 0.5) is 11.6 Å². The third-order valence-electron chi connectivity index (χ3n) is 4.01. The van der Waals surface area contributed by atoms with Crippen molar-refractivity contribution >= 4 is 17.3 Å². The monoisotopic (exact) mass is 274 g/mol. The Balaban J connectivity index is 1.74. The van der Waals surface area contributed by atoms with E-state index in [1.165, 1.54) is 12.8 Å². The number of imidazole rings is 1. The highest BCUT2D eigenvalue weighted by atomic mass is 15.2. The van der Waals surface area contributed by atoms with Gasteiger partial charge in [0.15, 0.2) is 11.5 Å². The summed E-state index contributed by atoms with van der Waals surface area (Å²) >= 11 is 0. The minimum absolute atomic E-state index is 0.484. The van der Waals surface area contributed by atoms with Crippen LogP contribution in [-0.2, 0) is 0 Å². The molecular formula is C14H22N6. The molecule has 0 spiro atoms. The molecule has 2 N–H and O–H groups in total. The fourth-order valence-corrected chi connectivity index (χ4v) is 2.40. The van der Waals surface area contributed by atoms with Crippen molar-refractivity contribution in [3.8, 4) is 0 Å². The smallest absolute Gasteiger partial charge is 0.180 e. The Bertz CT molecular complexity index is 588. The van der Waals surface area contributed by atoms with Gasteiger partial charge in [-0.25, -0.2) is 9.97 Å². The quantitative estimate of drug-likeness (QED) is 0.839. The van der Waals surface area contributed by atoms with E-state index in [1.54, 1.807) is 6.20 Å². The van der Waals surface area contributed by atoms with Gasteiger partial charge in [0.2, 0.25) is 0 Å². The van der Waals surface area contributed by atoms with Gasteiger partial charge >= 0.3 is 0 Å². The maximum Gasteiger partial charge on any atom is 0.180 e. The molecule has 0 radical (unpaired) electrons. The van der Waals surface area contributed by atoms with Crippen molar-refractivity contribution in [1.29, 1.82) is 0 Å².